The van der Waals surface area contributed by atoms with Gasteiger partial charge >= 0.3 is 6.03 Å². The predicted octanol–water partition coefficient (Wildman–Crippen LogP) is 2.78. The van der Waals surface area contributed by atoms with Crippen molar-refractivity contribution in [1.29, 1.82) is 0 Å². The van der Waals surface area contributed by atoms with Crippen LogP contribution < -0.4 is 26.9 Å². The normalized spacial score (nSPS) is 13.7. The van der Waals surface area contributed by atoms with Crippen molar-refractivity contribution in [2.75, 3.05) is 5.01 Å². The summed E-state index contributed by atoms with van der Waals surface area (Å²) in [4.78, 5) is 14.1. The minimum Gasteiger partial charge on any atom is -0.486 e. The van der Waals surface area contributed by atoms with Gasteiger partial charge in [0.25, 0.3) is 0 Å². The molecule has 3 rings (SSSR count). The van der Waals surface area contributed by atoms with Crippen LogP contribution in [-0.4, -0.2) is 6.03 Å². The Bertz CT molecular complexity index is 712. The van der Waals surface area contributed by atoms with E-state index in [-0.39, 0.29) is 0 Å². The third-order valence-electron chi connectivity index (χ3n) is 3.80. The fourth-order valence-corrected chi connectivity index (χ4v) is 3.29. The molecule has 0 bridgehead atoms. The van der Waals surface area contributed by atoms with Crippen molar-refractivity contribution in [3.8, 4) is 5.75 Å². The number of amides is 2. The SMILES string of the molecule is Cc1ccc(COc2c(C3CC3)cccc2N(N)C(=O)NN)s1. The van der Waals surface area contributed by atoms with Crippen LogP contribution in [0.4, 0.5) is 10.5 Å². The quantitative estimate of drug-likeness (QED) is 0.446. The molecular weight excluding hydrogens is 312 g/mol. The van der Waals surface area contributed by atoms with Gasteiger partial charge in [-0.3, -0.25) is 5.43 Å². The predicted molar refractivity (Wildman–Crippen MR) is 91.2 cm³/mol. The molecule has 0 spiro atoms. The van der Waals surface area contributed by atoms with E-state index in [4.69, 9.17) is 16.4 Å². The van der Waals surface area contributed by atoms with E-state index in [1.807, 2.05) is 23.6 Å². The molecule has 2 amide bonds. The summed E-state index contributed by atoms with van der Waals surface area (Å²) in [5, 5.41) is 0.987. The van der Waals surface area contributed by atoms with Crippen molar-refractivity contribution in [2.45, 2.75) is 32.3 Å². The minimum atomic E-state index is -0.588. The molecule has 122 valence electrons. The average Bonchev–Trinajstić information content (AvgIpc) is 3.33. The Labute approximate surface area is 139 Å². The number of carbonyl (C=O) groups excluding carboxylic acids is 1. The molecule has 1 heterocycles. The average molecular weight is 332 g/mol. The molecule has 5 N–H and O–H groups in total. The molecule has 1 aliphatic rings. The summed E-state index contributed by atoms with van der Waals surface area (Å²) in [5.74, 6) is 12.2. The van der Waals surface area contributed by atoms with Crippen LogP contribution in [0.5, 0.6) is 5.75 Å². The first-order chi connectivity index (χ1) is 11.1. The summed E-state index contributed by atoms with van der Waals surface area (Å²) < 4.78 is 6.05. The van der Waals surface area contributed by atoms with Crippen molar-refractivity contribution in [3.05, 3.63) is 45.6 Å². The van der Waals surface area contributed by atoms with Crippen molar-refractivity contribution >= 4 is 23.1 Å². The second-order valence-electron chi connectivity index (χ2n) is 5.59. The fraction of sp³-hybridized carbons (Fsp3) is 0.312. The zero-order valence-electron chi connectivity index (χ0n) is 12.9. The molecule has 1 aromatic carbocycles. The minimum absolute atomic E-state index is 0.452. The lowest BCUT2D eigenvalue weighted by Crippen LogP contribution is -2.47. The molecule has 0 atom stereocenters. The number of urea groups is 1. The number of nitrogens with one attached hydrogen (secondary N) is 1. The summed E-state index contributed by atoms with van der Waals surface area (Å²) in [5.41, 5.74) is 3.65. The van der Waals surface area contributed by atoms with Crippen molar-refractivity contribution in [3.63, 3.8) is 0 Å². The summed E-state index contributed by atoms with van der Waals surface area (Å²) in [6, 6.07) is 9.20. The number of aryl methyl sites for hydroxylation is 1. The van der Waals surface area contributed by atoms with Gasteiger partial charge in [0, 0.05) is 9.75 Å². The second-order valence-corrected chi connectivity index (χ2v) is 6.96. The van der Waals surface area contributed by atoms with E-state index < -0.39 is 6.03 Å². The van der Waals surface area contributed by atoms with Crippen molar-refractivity contribution in [1.82, 2.24) is 5.43 Å². The number of hydrazine groups is 2. The largest absolute Gasteiger partial charge is 0.486 e. The number of para-hydroxylation sites is 1. The molecule has 0 radical (unpaired) electrons. The molecule has 6 nitrogen and oxygen atoms in total. The molecule has 1 aliphatic carbocycles. The molecule has 1 saturated carbocycles. The zero-order valence-corrected chi connectivity index (χ0v) is 13.7. The number of anilines is 1. The van der Waals surface area contributed by atoms with Crippen molar-refractivity contribution < 1.29 is 9.53 Å². The van der Waals surface area contributed by atoms with Crippen LogP contribution in [0.3, 0.4) is 0 Å². The first-order valence-electron chi connectivity index (χ1n) is 7.46. The summed E-state index contributed by atoms with van der Waals surface area (Å²) >= 11 is 1.69. The number of carbonyl (C=O) groups is 1. The highest BCUT2D eigenvalue weighted by molar-refractivity contribution is 7.11. The highest BCUT2D eigenvalue weighted by Crippen LogP contribution is 2.47. The van der Waals surface area contributed by atoms with Crippen LogP contribution in [0.1, 0.15) is 34.1 Å². The maximum Gasteiger partial charge on any atom is 0.350 e. The summed E-state index contributed by atoms with van der Waals surface area (Å²) in [6.45, 7) is 2.51. The molecule has 7 heteroatoms. The van der Waals surface area contributed by atoms with Crippen LogP contribution in [0.2, 0.25) is 0 Å². The Balaban J connectivity index is 1.89. The molecule has 0 aliphatic heterocycles. The number of benzene rings is 1. The molecule has 2 aromatic rings. The fourth-order valence-electron chi connectivity index (χ4n) is 2.49. The van der Waals surface area contributed by atoms with Gasteiger partial charge in [-0.25, -0.2) is 21.5 Å². The monoisotopic (exact) mass is 332 g/mol. The lowest BCUT2D eigenvalue weighted by atomic mass is 10.1. The maximum atomic E-state index is 11.8. The molecule has 0 saturated heterocycles. The lowest BCUT2D eigenvalue weighted by Gasteiger charge is -2.21. The van der Waals surface area contributed by atoms with Gasteiger partial charge in [-0.1, -0.05) is 12.1 Å². The number of rotatable bonds is 5. The number of thiophene rings is 1. The van der Waals surface area contributed by atoms with Gasteiger partial charge in [0.1, 0.15) is 18.0 Å². The van der Waals surface area contributed by atoms with Crippen LogP contribution in [-0.2, 0) is 6.61 Å². The topological polar surface area (TPSA) is 93.6 Å². The molecule has 1 fully saturated rings. The van der Waals surface area contributed by atoms with Crippen LogP contribution >= 0.6 is 11.3 Å². The van der Waals surface area contributed by atoms with E-state index >= 15 is 0 Å². The first-order valence-corrected chi connectivity index (χ1v) is 8.28. The molecular formula is C16H20N4O2S. The van der Waals surface area contributed by atoms with Crippen LogP contribution in [0, 0.1) is 6.92 Å². The second kappa shape index (κ2) is 6.57. The van der Waals surface area contributed by atoms with E-state index in [9.17, 15) is 4.79 Å². The van der Waals surface area contributed by atoms with E-state index in [0.717, 1.165) is 28.3 Å². The Morgan fingerprint density at radius 2 is 2.17 bits per heavy atom. The summed E-state index contributed by atoms with van der Waals surface area (Å²) in [7, 11) is 0. The van der Waals surface area contributed by atoms with Gasteiger partial charge in [-0.15, -0.1) is 11.3 Å². The summed E-state index contributed by atoms with van der Waals surface area (Å²) in [6.07, 6.45) is 2.26. The number of hydrogen-bond acceptors (Lipinski definition) is 5. The molecule has 23 heavy (non-hydrogen) atoms. The van der Waals surface area contributed by atoms with E-state index in [0.29, 0.717) is 24.0 Å². The highest BCUT2D eigenvalue weighted by atomic mass is 32.1. The van der Waals surface area contributed by atoms with E-state index in [2.05, 4.69) is 13.0 Å². The highest BCUT2D eigenvalue weighted by Gasteiger charge is 2.29. The molecule has 1 aromatic heterocycles. The Hall–Kier alpha value is -2.09. The number of nitrogens with zero attached hydrogens (tertiary/aromatic N) is 1. The van der Waals surface area contributed by atoms with Crippen LogP contribution in [0.15, 0.2) is 30.3 Å². The number of hydrogen-bond donors (Lipinski definition) is 3. The third kappa shape index (κ3) is 3.47. The standard InChI is InChI=1S/C16H20N4O2S/c1-10-5-8-12(23-10)9-22-15-13(11-6-7-11)3-2-4-14(15)20(18)16(21)19-17/h2-5,8,11H,6-7,9,17-18H2,1H3,(H,19,21). The van der Waals surface area contributed by atoms with Gasteiger partial charge in [0.2, 0.25) is 0 Å². The van der Waals surface area contributed by atoms with Crippen molar-refractivity contribution in [2.24, 2.45) is 11.7 Å². The number of ether oxygens (including phenoxy) is 1. The maximum absolute atomic E-state index is 11.8. The first kappa shape index (κ1) is 15.8. The zero-order chi connectivity index (χ0) is 16.4. The van der Waals surface area contributed by atoms with E-state index in [1.165, 1.54) is 4.88 Å². The Morgan fingerprint density at radius 1 is 1.39 bits per heavy atom. The Morgan fingerprint density at radius 3 is 2.78 bits per heavy atom. The molecule has 0 unspecified atom stereocenters. The van der Waals surface area contributed by atoms with Gasteiger partial charge in [-0.05, 0) is 49.4 Å². The Kier molecular flexibility index (Phi) is 4.51. The van der Waals surface area contributed by atoms with Gasteiger partial charge in [-0.2, -0.15) is 0 Å². The van der Waals surface area contributed by atoms with Crippen LogP contribution in [0.25, 0.3) is 0 Å². The van der Waals surface area contributed by atoms with Gasteiger partial charge < -0.3 is 4.74 Å². The third-order valence-corrected chi connectivity index (χ3v) is 4.77. The van der Waals surface area contributed by atoms with Gasteiger partial charge in [0.15, 0.2) is 0 Å². The van der Waals surface area contributed by atoms with Gasteiger partial charge in [0.05, 0.1) is 0 Å². The number of nitrogens with two attached hydrogens (primary N) is 2. The van der Waals surface area contributed by atoms with E-state index in [1.54, 1.807) is 17.4 Å². The smallest absolute Gasteiger partial charge is 0.350 e. The lowest BCUT2D eigenvalue weighted by molar-refractivity contribution is 0.246.